The Bertz CT molecular complexity index is 672. The van der Waals surface area contributed by atoms with Crippen molar-refractivity contribution in [2.75, 3.05) is 12.3 Å². The van der Waals surface area contributed by atoms with Gasteiger partial charge in [-0.15, -0.1) is 0 Å². The van der Waals surface area contributed by atoms with Crippen molar-refractivity contribution in [2.24, 2.45) is 0 Å². The molecule has 8 heteroatoms. The molecule has 3 N–H and O–H groups in total. The maximum absolute atomic E-state index is 12.5. The number of nitrogens with two attached hydrogens (primary N) is 1. The molecule has 7 nitrogen and oxygen atoms in total. The molecular weight excluding hydrogens is 294 g/mol. The number of amides is 2. The first-order chi connectivity index (χ1) is 9.83. The summed E-state index contributed by atoms with van der Waals surface area (Å²) < 4.78 is 25.9. The normalized spacial score (nSPS) is 20.3. The molecule has 2 amide bonds. The molecule has 2 rings (SSSR count). The lowest BCUT2D eigenvalue weighted by Crippen LogP contribution is -2.59. The molecule has 1 aliphatic heterocycles. The minimum Gasteiger partial charge on any atom is -0.399 e. The monoisotopic (exact) mass is 311 g/mol. The molecule has 0 bridgehead atoms. The first kappa shape index (κ1) is 15.5. The van der Waals surface area contributed by atoms with Gasteiger partial charge >= 0.3 is 0 Å². The third kappa shape index (κ3) is 3.40. The van der Waals surface area contributed by atoms with Gasteiger partial charge in [-0.2, -0.15) is 4.31 Å². The minimum absolute atomic E-state index is 0.297. The van der Waals surface area contributed by atoms with E-state index in [1.165, 1.54) is 0 Å². The Hall–Kier alpha value is -1.93. The van der Waals surface area contributed by atoms with Gasteiger partial charge in [0.25, 0.3) is 0 Å². The average molecular weight is 311 g/mol. The molecule has 21 heavy (non-hydrogen) atoms. The first-order valence-corrected chi connectivity index (χ1v) is 8.12. The lowest BCUT2D eigenvalue weighted by Gasteiger charge is -2.32. The van der Waals surface area contributed by atoms with Crippen LogP contribution in [0.4, 0.5) is 5.69 Å². The maximum Gasteiger partial charge on any atom is 0.245 e. The smallest absolute Gasteiger partial charge is 0.245 e. The molecule has 1 aromatic rings. The van der Waals surface area contributed by atoms with Crippen molar-refractivity contribution in [3.63, 3.8) is 0 Å². The van der Waals surface area contributed by atoms with Crippen LogP contribution in [0.1, 0.15) is 18.9 Å². The topological polar surface area (TPSA) is 110 Å². The van der Waals surface area contributed by atoms with Gasteiger partial charge in [0.2, 0.25) is 21.8 Å². The molecule has 1 heterocycles. The van der Waals surface area contributed by atoms with Gasteiger partial charge in [-0.25, -0.2) is 8.42 Å². The Labute approximate surface area is 123 Å². The van der Waals surface area contributed by atoms with Crippen LogP contribution in [0.15, 0.2) is 24.3 Å². The van der Waals surface area contributed by atoms with E-state index in [1.807, 2.05) is 0 Å². The fraction of sp³-hybridized carbons (Fsp3) is 0.385. The molecule has 0 aliphatic carbocycles. The zero-order valence-corrected chi connectivity index (χ0v) is 12.4. The summed E-state index contributed by atoms with van der Waals surface area (Å²) in [7, 11) is -3.78. The van der Waals surface area contributed by atoms with Crippen molar-refractivity contribution in [3.8, 4) is 0 Å². The van der Waals surface area contributed by atoms with E-state index in [-0.39, 0.29) is 12.3 Å². The number of rotatable bonds is 4. The Balaban J connectivity index is 2.28. The first-order valence-electron chi connectivity index (χ1n) is 6.51. The Morgan fingerprint density at radius 2 is 2.10 bits per heavy atom. The van der Waals surface area contributed by atoms with Crippen LogP contribution >= 0.6 is 0 Å². The van der Waals surface area contributed by atoms with Gasteiger partial charge < -0.3 is 5.73 Å². The standard InChI is InChI=1S/C13H17N3O4S/c1-2-11-13(18)15-12(17)7-16(11)21(19,20)8-9-4-3-5-10(14)6-9/h3-6,11H,2,7-8,14H2,1H3,(H,15,17,18). The molecule has 1 atom stereocenters. The summed E-state index contributed by atoms with van der Waals surface area (Å²) in [5.74, 6) is -1.49. The molecule has 0 radical (unpaired) electrons. The van der Waals surface area contributed by atoms with Gasteiger partial charge in [-0.05, 0) is 24.1 Å². The van der Waals surface area contributed by atoms with Crippen LogP contribution in [0.2, 0.25) is 0 Å². The van der Waals surface area contributed by atoms with E-state index < -0.39 is 27.9 Å². The Kier molecular flexibility index (Phi) is 4.29. The van der Waals surface area contributed by atoms with Gasteiger partial charge in [-0.3, -0.25) is 14.9 Å². The van der Waals surface area contributed by atoms with Crippen LogP contribution in [0.25, 0.3) is 0 Å². The molecule has 1 fully saturated rings. The highest BCUT2D eigenvalue weighted by atomic mass is 32.2. The Morgan fingerprint density at radius 1 is 1.38 bits per heavy atom. The van der Waals surface area contributed by atoms with Crippen molar-refractivity contribution in [1.82, 2.24) is 9.62 Å². The fourth-order valence-electron chi connectivity index (χ4n) is 2.30. The second-order valence-electron chi connectivity index (χ2n) is 4.88. The quantitative estimate of drug-likeness (QED) is 0.593. The van der Waals surface area contributed by atoms with Gasteiger partial charge in [0.1, 0.15) is 6.04 Å². The number of nitrogens with zero attached hydrogens (tertiary/aromatic N) is 1. The second kappa shape index (κ2) is 5.82. The van der Waals surface area contributed by atoms with Crippen LogP contribution in [-0.2, 0) is 25.4 Å². The van der Waals surface area contributed by atoms with Gasteiger partial charge in [0.05, 0.1) is 12.3 Å². The van der Waals surface area contributed by atoms with Crippen molar-refractivity contribution in [3.05, 3.63) is 29.8 Å². The number of anilines is 1. The van der Waals surface area contributed by atoms with Crippen molar-refractivity contribution < 1.29 is 18.0 Å². The molecule has 0 spiro atoms. The predicted octanol–water partition coefficient (Wildman–Crippen LogP) is -0.164. The number of hydrogen-bond donors (Lipinski definition) is 2. The van der Waals surface area contributed by atoms with E-state index in [0.717, 1.165) is 4.31 Å². The fourth-order valence-corrected chi connectivity index (χ4v) is 4.01. The molecule has 1 aromatic carbocycles. The summed E-state index contributed by atoms with van der Waals surface area (Å²) >= 11 is 0. The van der Waals surface area contributed by atoms with Gasteiger partial charge in [0.15, 0.2) is 0 Å². The van der Waals surface area contributed by atoms with Crippen LogP contribution in [0.5, 0.6) is 0 Å². The molecule has 1 unspecified atom stereocenters. The maximum atomic E-state index is 12.5. The van der Waals surface area contributed by atoms with E-state index in [9.17, 15) is 18.0 Å². The SMILES string of the molecule is CCC1C(=O)NC(=O)CN1S(=O)(=O)Cc1cccc(N)c1. The number of piperazine rings is 1. The number of hydrogen-bond acceptors (Lipinski definition) is 5. The summed E-state index contributed by atoms with van der Waals surface area (Å²) in [5, 5.41) is 2.15. The molecule has 1 saturated heterocycles. The van der Waals surface area contributed by atoms with Crippen molar-refractivity contribution in [1.29, 1.82) is 0 Å². The molecule has 114 valence electrons. The number of imide groups is 1. The summed E-state index contributed by atoms with van der Waals surface area (Å²) in [6.45, 7) is 1.36. The van der Waals surface area contributed by atoms with E-state index in [0.29, 0.717) is 17.7 Å². The number of benzene rings is 1. The van der Waals surface area contributed by atoms with Crippen molar-refractivity contribution >= 4 is 27.5 Å². The van der Waals surface area contributed by atoms with Gasteiger partial charge in [0, 0.05) is 5.69 Å². The van der Waals surface area contributed by atoms with E-state index in [1.54, 1.807) is 31.2 Å². The van der Waals surface area contributed by atoms with Crippen LogP contribution in [0.3, 0.4) is 0 Å². The Morgan fingerprint density at radius 3 is 2.71 bits per heavy atom. The number of nitrogens with one attached hydrogen (secondary N) is 1. The van der Waals surface area contributed by atoms with E-state index >= 15 is 0 Å². The number of carbonyl (C=O) groups is 2. The second-order valence-corrected chi connectivity index (χ2v) is 6.80. The number of sulfonamides is 1. The van der Waals surface area contributed by atoms with E-state index in [4.69, 9.17) is 5.73 Å². The summed E-state index contributed by atoms with van der Waals surface area (Å²) in [5.41, 5.74) is 6.60. The van der Waals surface area contributed by atoms with Crippen LogP contribution < -0.4 is 11.1 Å². The highest BCUT2D eigenvalue weighted by molar-refractivity contribution is 7.88. The number of carbonyl (C=O) groups excluding carboxylic acids is 2. The van der Waals surface area contributed by atoms with Crippen molar-refractivity contribution in [2.45, 2.75) is 25.1 Å². The highest BCUT2D eigenvalue weighted by Crippen LogP contribution is 2.19. The van der Waals surface area contributed by atoms with Crippen LogP contribution in [-0.4, -0.2) is 37.1 Å². The molecular formula is C13H17N3O4S. The minimum atomic E-state index is -3.78. The zero-order valence-electron chi connectivity index (χ0n) is 11.6. The lowest BCUT2D eigenvalue weighted by atomic mass is 10.2. The van der Waals surface area contributed by atoms with E-state index in [2.05, 4.69) is 5.32 Å². The average Bonchev–Trinajstić information content (AvgIpc) is 2.37. The largest absolute Gasteiger partial charge is 0.399 e. The summed E-state index contributed by atoms with van der Waals surface area (Å²) in [6, 6.07) is 5.66. The summed E-state index contributed by atoms with van der Waals surface area (Å²) in [4.78, 5) is 23.2. The molecule has 0 aromatic heterocycles. The third-order valence-corrected chi connectivity index (χ3v) is 5.05. The lowest BCUT2D eigenvalue weighted by molar-refractivity contribution is -0.137. The highest BCUT2D eigenvalue weighted by Gasteiger charge is 2.39. The molecule has 1 aliphatic rings. The third-order valence-electron chi connectivity index (χ3n) is 3.26. The predicted molar refractivity (Wildman–Crippen MR) is 77.4 cm³/mol. The van der Waals surface area contributed by atoms with Gasteiger partial charge in [-0.1, -0.05) is 19.1 Å². The zero-order chi connectivity index (χ0) is 15.6. The molecule has 0 saturated carbocycles. The number of nitrogen functional groups attached to an aromatic ring is 1. The summed E-state index contributed by atoms with van der Waals surface area (Å²) in [6.07, 6.45) is 0.301. The van der Waals surface area contributed by atoms with Crippen LogP contribution in [0, 0.1) is 0 Å².